The van der Waals surface area contributed by atoms with E-state index in [-0.39, 0.29) is 24.3 Å². The molecule has 0 radical (unpaired) electrons. The van der Waals surface area contributed by atoms with Gasteiger partial charge < -0.3 is 19.9 Å². The van der Waals surface area contributed by atoms with Crippen LogP contribution < -0.4 is 10.6 Å². The molecule has 0 spiro atoms. The van der Waals surface area contributed by atoms with E-state index in [0.29, 0.717) is 17.0 Å². The summed E-state index contributed by atoms with van der Waals surface area (Å²) >= 11 is 1.37. The molecule has 1 saturated carbocycles. The molecule has 9 heteroatoms. The van der Waals surface area contributed by atoms with Gasteiger partial charge in [-0.2, -0.15) is 0 Å². The van der Waals surface area contributed by atoms with Gasteiger partial charge in [-0.15, -0.1) is 11.8 Å². The normalized spacial score (nSPS) is 13.0. The Morgan fingerprint density at radius 3 is 2.76 bits per heavy atom. The maximum atomic E-state index is 12.1. The molecule has 0 atom stereocenters. The summed E-state index contributed by atoms with van der Waals surface area (Å²) in [6, 6.07) is 6.90. The number of hydrogen-bond donors (Lipinski definition) is 2. The minimum Gasteiger partial charge on any atom is -0.455 e. The zero-order chi connectivity index (χ0) is 20.8. The second-order valence-corrected chi connectivity index (χ2v) is 7.82. The summed E-state index contributed by atoms with van der Waals surface area (Å²) in [6.07, 6.45) is 2.01. The third-order valence-electron chi connectivity index (χ3n) is 4.33. The monoisotopic (exact) mass is 417 g/mol. The summed E-state index contributed by atoms with van der Waals surface area (Å²) in [4.78, 5) is 35.9. The fourth-order valence-corrected chi connectivity index (χ4v) is 3.53. The van der Waals surface area contributed by atoms with Crippen molar-refractivity contribution in [3.05, 3.63) is 46.8 Å². The molecule has 1 aliphatic rings. The number of aryl methyl sites for hydroxylation is 2. The van der Waals surface area contributed by atoms with Gasteiger partial charge in [0.15, 0.2) is 6.61 Å². The van der Waals surface area contributed by atoms with Crippen molar-refractivity contribution in [3.8, 4) is 0 Å². The number of ether oxygens (including phenoxy) is 1. The van der Waals surface area contributed by atoms with Gasteiger partial charge in [0.05, 0.1) is 11.4 Å². The minimum absolute atomic E-state index is 0.119. The summed E-state index contributed by atoms with van der Waals surface area (Å²) in [5, 5.41) is 9.39. The molecule has 3 rings (SSSR count). The zero-order valence-corrected chi connectivity index (χ0v) is 17.1. The van der Waals surface area contributed by atoms with E-state index in [2.05, 4.69) is 15.8 Å². The highest BCUT2D eigenvalue weighted by Gasteiger charge is 2.23. The molecule has 154 valence electrons. The quantitative estimate of drug-likeness (QED) is 0.603. The molecule has 0 unspecified atom stereocenters. The SMILES string of the molecule is Cc1noc(C)c1CSCC(=O)OCC(=O)Nc1cccc(C(=O)NC2CC2)c1. The Morgan fingerprint density at radius 2 is 2.07 bits per heavy atom. The van der Waals surface area contributed by atoms with E-state index >= 15 is 0 Å². The molecule has 0 saturated heterocycles. The van der Waals surface area contributed by atoms with E-state index < -0.39 is 11.9 Å². The third-order valence-corrected chi connectivity index (χ3v) is 5.27. The van der Waals surface area contributed by atoms with Crippen LogP contribution in [0.25, 0.3) is 0 Å². The predicted octanol–water partition coefficient (Wildman–Crippen LogP) is 2.60. The summed E-state index contributed by atoms with van der Waals surface area (Å²) in [6.45, 7) is 3.28. The Balaban J connectivity index is 1.39. The van der Waals surface area contributed by atoms with E-state index in [1.165, 1.54) is 11.8 Å². The average Bonchev–Trinajstić information content (AvgIpc) is 3.46. The van der Waals surface area contributed by atoms with E-state index in [9.17, 15) is 14.4 Å². The van der Waals surface area contributed by atoms with Crippen LogP contribution in [0.4, 0.5) is 5.69 Å². The van der Waals surface area contributed by atoms with Gasteiger partial charge in [-0.25, -0.2) is 0 Å². The van der Waals surface area contributed by atoms with Gasteiger partial charge in [0.2, 0.25) is 0 Å². The molecular weight excluding hydrogens is 394 g/mol. The molecule has 1 aliphatic carbocycles. The molecular formula is C20H23N3O5S. The van der Waals surface area contributed by atoms with Crippen LogP contribution in [0.2, 0.25) is 0 Å². The first-order chi connectivity index (χ1) is 13.9. The van der Waals surface area contributed by atoms with Crippen molar-refractivity contribution >= 4 is 35.2 Å². The van der Waals surface area contributed by atoms with Crippen LogP contribution in [0.1, 0.15) is 40.2 Å². The number of rotatable bonds is 9. The number of nitrogens with one attached hydrogen (secondary N) is 2. The molecule has 1 aromatic carbocycles. The van der Waals surface area contributed by atoms with Crippen molar-refractivity contribution < 1.29 is 23.6 Å². The number of esters is 1. The largest absolute Gasteiger partial charge is 0.455 e. The van der Waals surface area contributed by atoms with Crippen LogP contribution in [0.3, 0.4) is 0 Å². The highest BCUT2D eigenvalue weighted by atomic mass is 32.2. The average molecular weight is 417 g/mol. The molecule has 0 aliphatic heterocycles. The molecule has 29 heavy (non-hydrogen) atoms. The van der Waals surface area contributed by atoms with Gasteiger partial charge in [0.25, 0.3) is 11.8 Å². The number of benzene rings is 1. The molecule has 1 fully saturated rings. The smallest absolute Gasteiger partial charge is 0.316 e. The third kappa shape index (κ3) is 6.35. The lowest BCUT2D eigenvalue weighted by Crippen LogP contribution is -2.25. The first-order valence-electron chi connectivity index (χ1n) is 9.28. The maximum Gasteiger partial charge on any atom is 0.316 e. The van der Waals surface area contributed by atoms with Crippen LogP contribution in [-0.4, -0.2) is 41.3 Å². The number of aromatic nitrogens is 1. The Kier molecular flexibility index (Phi) is 6.92. The van der Waals surface area contributed by atoms with E-state index in [0.717, 1.165) is 29.9 Å². The molecule has 1 heterocycles. The minimum atomic E-state index is -0.477. The number of hydrogen-bond acceptors (Lipinski definition) is 7. The fraction of sp³-hybridized carbons (Fsp3) is 0.400. The Labute approximate surface area is 172 Å². The lowest BCUT2D eigenvalue weighted by atomic mass is 10.2. The van der Waals surface area contributed by atoms with Crippen molar-refractivity contribution in [1.82, 2.24) is 10.5 Å². The number of carbonyl (C=O) groups excluding carboxylic acids is 3. The second-order valence-electron chi connectivity index (χ2n) is 6.83. The van der Waals surface area contributed by atoms with Gasteiger partial charge in [-0.3, -0.25) is 14.4 Å². The molecule has 2 amide bonds. The van der Waals surface area contributed by atoms with Gasteiger partial charge >= 0.3 is 5.97 Å². The van der Waals surface area contributed by atoms with Gasteiger partial charge in [0.1, 0.15) is 5.76 Å². The molecule has 2 N–H and O–H groups in total. The molecule has 1 aromatic heterocycles. The summed E-state index contributed by atoms with van der Waals surface area (Å²) in [5.74, 6) is 0.330. The van der Waals surface area contributed by atoms with Crippen LogP contribution in [0, 0.1) is 13.8 Å². The second kappa shape index (κ2) is 9.60. The number of carbonyl (C=O) groups is 3. The van der Waals surface area contributed by atoms with Crippen molar-refractivity contribution in [1.29, 1.82) is 0 Å². The summed E-state index contributed by atoms with van der Waals surface area (Å²) in [5.41, 5.74) is 2.71. The van der Waals surface area contributed by atoms with Crippen LogP contribution in [-0.2, 0) is 20.1 Å². The van der Waals surface area contributed by atoms with Crippen molar-refractivity contribution in [2.24, 2.45) is 0 Å². The molecule has 2 aromatic rings. The Bertz CT molecular complexity index is 888. The fourth-order valence-electron chi connectivity index (χ4n) is 2.56. The number of amides is 2. The predicted molar refractivity (Wildman–Crippen MR) is 109 cm³/mol. The summed E-state index contributed by atoms with van der Waals surface area (Å²) in [7, 11) is 0. The van der Waals surface area contributed by atoms with Crippen molar-refractivity contribution in [3.63, 3.8) is 0 Å². The van der Waals surface area contributed by atoms with E-state index in [1.807, 2.05) is 13.8 Å². The van der Waals surface area contributed by atoms with Gasteiger partial charge in [-0.1, -0.05) is 11.2 Å². The number of anilines is 1. The lowest BCUT2D eigenvalue weighted by molar-refractivity contribution is -0.144. The molecule has 8 nitrogen and oxygen atoms in total. The van der Waals surface area contributed by atoms with E-state index in [4.69, 9.17) is 9.26 Å². The zero-order valence-electron chi connectivity index (χ0n) is 16.3. The van der Waals surface area contributed by atoms with Crippen LogP contribution in [0.15, 0.2) is 28.8 Å². The Hall–Kier alpha value is -2.81. The van der Waals surface area contributed by atoms with Crippen molar-refractivity contribution in [2.45, 2.75) is 38.5 Å². The van der Waals surface area contributed by atoms with Gasteiger partial charge in [0, 0.05) is 28.6 Å². The molecule has 0 bridgehead atoms. The lowest BCUT2D eigenvalue weighted by Gasteiger charge is -2.08. The van der Waals surface area contributed by atoms with E-state index in [1.54, 1.807) is 24.3 Å². The highest BCUT2D eigenvalue weighted by Crippen LogP contribution is 2.20. The maximum absolute atomic E-state index is 12.1. The Morgan fingerprint density at radius 1 is 1.28 bits per heavy atom. The standard InChI is InChI=1S/C20H23N3O5S/c1-12-17(13(2)28-23-12)10-29-11-19(25)27-9-18(24)21-16-5-3-4-14(8-16)20(26)22-15-6-7-15/h3-5,8,15H,6-7,9-11H2,1-2H3,(H,21,24)(H,22,26). The van der Waals surface area contributed by atoms with Crippen LogP contribution >= 0.6 is 11.8 Å². The van der Waals surface area contributed by atoms with Crippen molar-refractivity contribution in [2.75, 3.05) is 17.7 Å². The number of nitrogens with zero attached hydrogens (tertiary/aromatic N) is 1. The first-order valence-corrected chi connectivity index (χ1v) is 10.4. The highest BCUT2D eigenvalue weighted by molar-refractivity contribution is 7.99. The summed E-state index contributed by atoms with van der Waals surface area (Å²) < 4.78 is 10.1. The number of thioether (sulfide) groups is 1. The topological polar surface area (TPSA) is 111 Å². The first kappa shape index (κ1) is 20.9. The van der Waals surface area contributed by atoms with Gasteiger partial charge in [-0.05, 0) is 44.9 Å². The van der Waals surface area contributed by atoms with Crippen LogP contribution in [0.5, 0.6) is 0 Å².